The van der Waals surface area contributed by atoms with Crippen LogP contribution in [-0.4, -0.2) is 66.5 Å². The van der Waals surface area contributed by atoms with Crippen LogP contribution in [0.25, 0.3) is 0 Å². The molecule has 1 unspecified atom stereocenters. The van der Waals surface area contributed by atoms with Crippen LogP contribution in [0.4, 0.5) is 0 Å². The highest BCUT2D eigenvalue weighted by molar-refractivity contribution is 5.89. The molecule has 1 N–H and O–H groups in total. The molecule has 1 atom stereocenters. The van der Waals surface area contributed by atoms with Gasteiger partial charge < -0.3 is 5.32 Å². The summed E-state index contributed by atoms with van der Waals surface area (Å²) in [4.78, 5) is 9.76. The van der Waals surface area contributed by atoms with Crippen LogP contribution in [0.1, 0.15) is 27.7 Å². The molecule has 1 fully saturated rings. The highest BCUT2D eigenvalue weighted by Gasteiger charge is 2.33. The lowest BCUT2D eigenvalue weighted by Gasteiger charge is -2.44. The highest BCUT2D eigenvalue weighted by Crippen LogP contribution is 2.17. The molecule has 0 saturated carbocycles. The van der Waals surface area contributed by atoms with E-state index in [2.05, 4.69) is 47.8 Å². The predicted octanol–water partition coefficient (Wildman–Crippen LogP) is 0.791. The predicted molar refractivity (Wildman–Crippen MR) is 72.6 cm³/mol. The standard InChI is InChI=1S/C13H26N4/c1-10(2)16-7-8-17(11(3)4)12(9-16)13-14-5-6-15-13/h10-12H,5-9H2,1-4H3,(H,14,15). The molecule has 0 radical (unpaired) electrons. The van der Waals surface area contributed by atoms with E-state index in [4.69, 9.17) is 0 Å². The van der Waals surface area contributed by atoms with Crippen molar-refractivity contribution in [3.8, 4) is 0 Å². The molecule has 0 aromatic carbocycles. The molecule has 98 valence electrons. The summed E-state index contributed by atoms with van der Waals surface area (Å²) in [7, 11) is 0. The van der Waals surface area contributed by atoms with Crippen LogP contribution in [0, 0.1) is 0 Å². The first-order valence-corrected chi connectivity index (χ1v) is 6.87. The fourth-order valence-electron chi connectivity index (χ4n) is 2.79. The highest BCUT2D eigenvalue weighted by atomic mass is 15.3. The molecular weight excluding hydrogens is 212 g/mol. The van der Waals surface area contributed by atoms with Crippen molar-refractivity contribution in [3.63, 3.8) is 0 Å². The Hall–Kier alpha value is -0.610. The van der Waals surface area contributed by atoms with Gasteiger partial charge in [-0.1, -0.05) is 0 Å². The molecule has 0 bridgehead atoms. The molecule has 2 aliphatic rings. The Morgan fingerprint density at radius 3 is 2.47 bits per heavy atom. The zero-order valence-electron chi connectivity index (χ0n) is 11.6. The van der Waals surface area contributed by atoms with Crippen molar-refractivity contribution in [1.82, 2.24) is 15.1 Å². The number of piperazine rings is 1. The van der Waals surface area contributed by atoms with Crippen molar-refractivity contribution in [2.75, 3.05) is 32.7 Å². The number of aliphatic imine (C=N–C) groups is 1. The molecule has 2 rings (SSSR count). The molecule has 0 spiro atoms. The summed E-state index contributed by atoms with van der Waals surface area (Å²) in [5, 5.41) is 3.45. The van der Waals surface area contributed by atoms with Crippen LogP contribution >= 0.6 is 0 Å². The summed E-state index contributed by atoms with van der Waals surface area (Å²) in [6, 6.07) is 1.70. The first kappa shape index (κ1) is 12.8. The van der Waals surface area contributed by atoms with Crippen molar-refractivity contribution in [2.45, 2.75) is 45.8 Å². The van der Waals surface area contributed by atoms with Crippen molar-refractivity contribution in [2.24, 2.45) is 4.99 Å². The van der Waals surface area contributed by atoms with Gasteiger partial charge in [-0.2, -0.15) is 0 Å². The van der Waals surface area contributed by atoms with Crippen molar-refractivity contribution in [1.29, 1.82) is 0 Å². The second-order valence-electron chi connectivity index (χ2n) is 5.63. The summed E-state index contributed by atoms with van der Waals surface area (Å²) < 4.78 is 0. The number of hydrogen-bond donors (Lipinski definition) is 1. The molecule has 0 aromatic rings. The van der Waals surface area contributed by atoms with Gasteiger partial charge in [-0.25, -0.2) is 0 Å². The van der Waals surface area contributed by atoms with Crippen molar-refractivity contribution in [3.05, 3.63) is 0 Å². The maximum atomic E-state index is 4.62. The average molecular weight is 238 g/mol. The maximum absolute atomic E-state index is 4.62. The normalized spacial score (nSPS) is 27.6. The Morgan fingerprint density at radius 2 is 1.94 bits per heavy atom. The molecule has 0 aliphatic carbocycles. The van der Waals surface area contributed by atoms with E-state index in [0.717, 1.165) is 26.2 Å². The van der Waals surface area contributed by atoms with Crippen molar-refractivity contribution < 1.29 is 0 Å². The Bertz CT molecular complexity index is 285. The molecule has 2 heterocycles. The average Bonchev–Trinajstić information content (AvgIpc) is 2.81. The quantitative estimate of drug-likeness (QED) is 0.789. The Morgan fingerprint density at radius 1 is 1.18 bits per heavy atom. The van der Waals surface area contributed by atoms with Crippen molar-refractivity contribution >= 4 is 5.84 Å². The number of nitrogens with zero attached hydrogens (tertiary/aromatic N) is 3. The minimum atomic E-state index is 0.466. The summed E-state index contributed by atoms with van der Waals surface area (Å²) in [6.07, 6.45) is 0. The number of hydrogen-bond acceptors (Lipinski definition) is 4. The second-order valence-corrected chi connectivity index (χ2v) is 5.63. The van der Waals surface area contributed by atoms with E-state index in [0.29, 0.717) is 18.1 Å². The molecule has 0 amide bonds. The Balaban J connectivity index is 2.09. The summed E-state index contributed by atoms with van der Waals surface area (Å²) >= 11 is 0. The monoisotopic (exact) mass is 238 g/mol. The van der Waals surface area contributed by atoms with E-state index in [1.165, 1.54) is 12.4 Å². The van der Waals surface area contributed by atoms with Crippen LogP contribution in [0.2, 0.25) is 0 Å². The SMILES string of the molecule is CC(C)N1CCN(C(C)C)C(C2=NCCN2)C1. The van der Waals surface area contributed by atoms with Gasteiger partial charge in [-0.3, -0.25) is 14.8 Å². The van der Waals surface area contributed by atoms with Crippen LogP contribution in [0.5, 0.6) is 0 Å². The molecule has 1 saturated heterocycles. The van der Waals surface area contributed by atoms with E-state index in [1.54, 1.807) is 0 Å². The molecule has 17 heavy (non-hydrogen) atoms. The third kappa shape index (κ3) is 2.80. The molecular formula is C13H26N4. The van der Waals surface area contributed by atoms with Gasteiger partial charge in [0.1, 0.15) is 5.84 Å². The van der Waals surface area contributed by atoms with Gasteiger partial charge in [0.05, 0.1) is 12.6 Å². The lowest BCUT2D eigenvalue weighted by atomic mass is 10.1. The van der Waals surface area contributed by atoms with E-state index < -0.39 is 0 Å². The van der Waals surface area contributed by atoms with Gasteiger partial charge in [0.25, 0.3) is 0 Å². The fraction of sp³-hybridized carbons (Fsp3) is 0.923. The Kier molecular flexibility index (Phi) is 4.05. The first-order chi connectivity index (χ1) is 8.09. The van der Waals surface area contributed by atoms with Gasteiger partial charge in [0, 0.05) is 38.3 Å². The van der Waals surface area contributed by atoms with Gasteiger partial charge in [-0.05, 0) is 27.7 Å². The van der Waals surface area contributed by atoms with Crippen LogP contribution in [-0.2, 0) is 0 Å². The minimum Gasteiger partial charge on any atom is -0.371 e. The zero-order valence-corrected chi connectivity index (χ0v) is 11.6. The first-order valence-electron chi connectivity index (χ1n) is 6.87. The molecule has 2 aliphatic heterocycles. The maximum Gasteiger partial charge on any atom is 0.115 e. The van der Waals surface area contributed by atoms with E-state index >= 15 is 0 Å². The number of rotatable bonds is 3. The van der Waals surface area contributed by atoms with E-state index in [1.807, 2.05) is 0 Å². The third-order valence-electron chi connectivity index (χ3n) is 3.86. The summed E-state index contributed by atoms with van der Waals surface area (Å²) in [5.74, 6) is 1.21. The fourth-order valence-corrected chi connectivity index (χ4v) is 2.79. The minimum absolute atomic E-state index is 0.466. The van der Waals surface area contributed by atoms with Crippen LogP contribution in [0.3, 0.4) is 0 Å². The van der Waals surface area contributed by atoms with Gasteiger partial charge >= 0.3 is 0 Å². The van der Waals surface area contributed by atoms with Gasteiger partial charge in [0.15, 0.2) is 0 Å². The molecule has 4 heteroatoms. The topological polar surface area (TPSA) is 30.9 Å². The summed E-state index contributed by atoms with van der Waals surface area (Å²) in [5.41, 5.74) is 0. The summed E-state index contributed by atoms with van der Waals surface area (Å²) in [6.45, 7) is 14.5. The van der Waals surface area contributed by atoms with Crippen LogP contribution in [0.15, 0.2) is 4.99 Å². The number of amidine groups is 1. The lowest BCUT2D eigenvalue weighted by Crippen LogP contribution is -2.61. The second kappa shape index (κ2) is 5.36. The molecule has 0 aromatic heterocycles. The smallest absolute Gasteiger partial charge is 0.115 e. The lowest BCUT2D eigenvalue weighted by molar-refractivity contribution is 0.0637. The van der Waals surface area contributed by atoms with E-state index in [9.17, 15) is 0 Å². The zero-order chi connectivity index (χ0) is 12.4. The van der Waals surface area contributed by atoms with Crippen LogP contribution < -0.4 is 5.32 Å². The van der Waals surface area contributed by atoms with Gasteiger partial charge in [0.2, 0.25) is 0 Å². The largest absolute Gasteiger partial charge is 0.371 e. The van der Waals surface area contributed by atoms with E-state index in [-0.39, 0.29) is 0 Å². The number of nitrogens with one attached hydrogen (secondary N) is 1. The molecule has 4 nitrogen and oxygen atoms in total. The third-order valence-corrected chi connectivity index (χ3v) is 3.86. The van der Waals surface area contributed by atoms with Gasteiger partial charge in [-0.15, -0.1) is 0 Å². The Labute approximate surface area is 105 Å².